The van der Waals surface area contributed by atoms with Gasteiger partial charge in [0.1, 0.15) is 23.0 Å². The number of hydrogen-bond donors (Lipinski definition) is 2. The van der Waals surface area contributed by atoms with Gasteiger partial charge in [-0.25, -0.2) is 13.9 Å². The molecule has 2 aromatic carbocycles. The van der Waals surface area contributed by atoms with Gasteiger partial charge in [-0.3, -0.25) is 4.79 Å². The summed E-state index contributed by atoms with van der Waals surface area (Å²) >= 11 is 0. The molecule has 29 heavy (non-hydrogen) atoms. The van der Waals surface area contributed by atoms with Crippen LogP contribution in [0.5, 0.6) is 6.01 Å². The summed E-state index contributed by atoms with van der Waals surface area (Å²) in [5.74, 6) is 0.296. The Balaban J connectivity index is 1.72. The molecular weight excluding hydrogens is 373 g/mol. The number of nitrogens with zero attached hydrogens (tertiary/aromatic N) is 3. The quantitative estimate of drug-likeness (QED) is 0.526. The van der Waals surface area contributed by atoms with Crippen LogP contribution in [0.3, 0.4) is 0 Å². The van der Waals surface area contributed by atoms with Crippen LogP contribution in [0, 0.1) is 5.82 Å². The molecular formula is C21H18FN5O2. The van der Waals surface area contributed by atoms with E-state index in [2.05, 4.69) is 15.3 Å². The maximum absolute atomic E-state index is 13.4. The zero-order valence-corrected chi connectivity index (χ0v) is 15.6. The Morgan fingerprint density at radius 2 is 1.93 bits per heavy atom. The smallest absolute Gasteiger partial charge is 0.303 e. The normalized spacial score (nSPS) is 10.8. The number of hydrogen-bond acceptors (Lipinski definition) is 5. The first kappa shape index (κ1) is 18.4. The highest BCUT2D eigenvalue weighted by atomic mass is 19.1. The van der Waals surface area contributed by atoms with Gasteiger partial charge >= 0.3 is 6.01 Å². The first-order valence-corrected chi connectivity index (χ1v) is 8.88. The summed E-state index contributed by atoms with van der Waals surface area (Å²) < 4.78 is 20.5. The molecule has 0 spiro atoms. The maximum Gasteiger partial charge on any atom is 0.303 e. The molecule has 0 aliphatic rings. The third-order valence-corrected chi connectivity index (χ3v) is 4.43. The van der Waals surface area contributed by atoms with Crippen LogP contribution in [0.4, 0.5) is 10.2 Å². The minimum atomic E-state index is -0.568. The molecule has 4 rings (SSSR count). The number of halogens is 1. The highest BCUT2D eigenvalue weighted by molar-refractivity contribution is 6.04. The van der Waals surface area contributed by atoms with Gasteiger partial charge in [-0.15, -0.1) is 0 Å². The van der Waals surface area contributed by atoms with Crippen molar-refractivity contribution in [2.24, 2.45) is 5.73 Å². The molecule has 0 aliphatic heterocycles. The molecule has 0 saturated heterocycles. The predicted molar refractivity (Wildman–Crippen MR) is 108 cm³/mol. The highest BCUT2D eigenvalue weighted by Crippen LogP contribution is 2.28. The van der Waals surface area contributed by atoms with E-state index in [1.165, 1.54) is 19.2 Å². The number of amides is 1. The molecule has 0 fully saturated rings. The number of ether oxygens (including phenoxy) is 1. The molecule has 0 radical (unpaired) electrons. The van der Waals surface area contributed by atoms with E-state index in [1.54, 1.807) is 28.8 Å². The third kappa shape index (κ3) is 3.60. The Labute approximate surface area is 166 Å². The number of methoxy groups -OCH3 is 1. The van der Waals surface area contributed by atoms with E-state index >= 15 is 0 Å². The van der Waals surface area contributed by atoms with E-state index in [-0.39, 0.29) is 11.8 Å². The number of primary amides is 1. The first-order chi connectivity index (χ1) is 14.1. The number of imidazole rings is 1. The Bertz CT molecular complexity index is 1200. The topological polar surface area (TPSA) is 95.1 Å². The van der Waals surface area contributed by atoms with Crippen molar-refractivity contribution in [3.8, 4) is 11.8 Å². The number of para-hydroxylation sites is 1. The van der Waals surface area contributed by atoms with Crippen LogP contribution in [-0.4, -0.2) is 27.6 Å². The van der Waals surface area contributed by atoms with Gasteiger partial charge in [-0.05, 0) is 42.0 Å². The predicted octanol–water partition coefficient (Wildman–Crippen LogP) is 3.28. The summed E-state index contributed by atoms with van der Waals surface area (Å²) in [6.07, 6.45) is 0. The van der Waals surface area contributed by atoms with Crippen LogP contribution < -0.4 is 15.8 Å². The van der Waals surface area contributed by atoms with Crippen LogP contribution >= 0.6 is 0 Å². The fourth-order valence-corrected chi connectivity index (χ4v) is 3.12. The highest BCUT2D eigenvalue weighted by Gasteiger charge is 2.18. The van der Waals surface area contributed by atoms with E-state index in [4.69, 9.17) is 10.5 Å². The van der Waals surface area contributed by atoms with Gasteiger partial charge < -0.3 is 15.8 Å². The third-order valence-electron chi connectivity index (χ3n) is 4.43. The zero-order chi connectivity index (χ0) is 20.4. The van der Waals surface area contributed by atoms with Gasteiger partial charge in [-0.2, -0.15) is 4.98 Å². The lowest BCUT2D eigenvalue weighted by Crippen LogP contribution is -2.11. The van der Waals surface area contributed by atoms with Gasteiger partial charge in [0, 0.05) is 6.54 Å². The fourth-order valence-electron chi connectivity index (χ4n) is 3.12. The number of anilines is 1. The molecule has 4 aromatic rings. The second kappa shape index (κ2) is 7.59. The number of nitrogens with one attached hydrogen (secondary N) is 1. The summed E-state index contributed by atoms with van der Waals surface area (Å²) in [6.45, 7) is 0.419. The van der Waals surface area contributed by atoms with Gasteiger partial charge in [0.15, 0.2) is 0 Å². The first-order valence-electron chi connectivity index (χ1n) is 8.88. The zero-order valence-electron chi connectivity index (χ0n) is 15.6. The molecule has 7 nitrogen and oxygen atoms in total. The van der Waals surface area contributed by atoms with Crippen molar-refractivity contribution >= 4 is 22.8 Å². The van der Waals surface area contributed by atoms with Gasteiger partial charge in [0.25, 0.3) is 5.91 Å². The van der Waals surface area contributed by atoms with E-state index in [0.717, 1.165) is 5.56 Å². The van der Waals surface area contributed by atoms with Crippen LogP contribution in [0.1, 0.15) is 15.9 Å². The van der Waals surface area contributed by atoms with Crippen molar-refractivity contribution in [3.63, 3.8) is 0 Å². The van der Waals surface area contributed by atoms with Crippen LogP contribution in [0.25, 0.3) is 16.9 Å². The molecule has 0 saturated carbocycles. The van der Waals surface area contributed by atoms with Crippen molar-refractivity contribution in [2.75, 3.05) is 12.4 Å². The summed E-state index contributed by atoms with van der Waals surface area (Å²) in [7, 11) is 1.49. The largest absolute Gasteiger partial charge is 0.468 e. The maximum atomic E-state index is 13.4. The minimum Gasteiger partial charge on any atom is -0.468 e. The summed E-state index contributed by atoms with van der Waals surface area (Å²) in [5.41, 5.74) is 7.66. The lowest BCUT2D eigenvalue weighted by molar-refractivity contribution is 0.100. The molecule has 1 amide bonds. The molecule has 0 bridgehead atoms. The second-order valence-corrected chi connectivity index (χ2v) is 6.34. The van der Waals surface area contributed by atoms with Gasteiger partial charge in [0.2, 0.25) is 0 Å². The molecule has 3 N–H and O–H groups in total. The van der Waals surface area contributed by atoms with Gasteiger partial charge in [-0.1, -0.05) is 24.3 Å². The lowest BCUT2D eigenvalue weighted by Gasteiger charge is -2.10. The van der Waals surface area contributed by atoms with E-state index < -0.39 is 5.91 Å². The SMILES string of the molecule is COc1nc2c(C(N)=O)cccc2n1-c1cccc(NCc2cccc(F)c2)n1. The molecule has 146 valence electrons. The van der Waals surface area contributed by atoms with Crippen LogP contribution in [0.2, 0.25) is 0 Å². The summed E-state index contributed by atoms with van der Waals surface area (Å²) in [6, 6.07) is 17.2. The number of carbonyl (C=O) groups is 1. The van der Waals surface area contributed by atoms with Crippen molar-refractivity contribution in [3.05, 3.63) is 77.6 Å². The lowest BCUT2D eigenvalue weighted by atomic mass is 10.2. The average molecular weight is 391 g/mol. The molecule has 8 heteroatoms. The fraction of sp³-hybridized carbons (Fsp3) is 0.0952. The number of aromatic nitrogens is 3. The van der Waals surface area contributed by atoms with Crippen LogP contribution in [0.15, 0.2) is 60.7 Å². The van der Waals surface area contributed by atoms with E-state index in [1.807, 2.05) is 24.3 Å². The standard InChI is InChI=1S/C21H18FN5O2/c1-29-21-26-19-15(20(23)28)7-3-8-16(19)27(21)18-10-4-9-17(25-18)24-12-13-5-2-6-14(22)11-13/h2-11H,12H2,1H3,(H2,23,28)(H,24,25). The number of carbonyl (C=O) groups excluding carboxylic acids is 1. The number of nitrogens with two attached hydrogens (primary N) is 1. The molecule has 2 aromatic heterocycles. The molecule has 2 heterocycles. The number of fused-ring (bicyclic) bond motifs is 1. The monoisotopic (exact) mass is 391 g/mol. The Morgan fingerprint density at radius 1 is 1.14 bits per heavy atom. The molecule has 0 unspecified atom stereocenters. The minimum absolute atomic E-state index is 0.281. The molecule has 0 atom stereocenters. The molecule has 0 aliphatic carbocycles. The Kier molecular flexibility index (Phi) is 4.82. The van der Waals surface area contributed by atoms with Crippen molar-refractivity contribution < 1.29 is 13.9 Å². The van der Waals surface area contributed by atoms with E-state index in [0.29, 0.717) is 34.8 Å². The second-order valence-electron chi connectivity index (χ2n) is 6.34. The Hall–Kier alpha value is -3.94. The average Bonchev–Trinajstić information content (AvgIpc) is 3.11. The van der Waals surface area contributed by atoms with Crippen molar-refractivity contribution in [2.45, 2.75) is 6.54 Å². The van der Waals surface area contributed by atoms with Crippen molar-refractivity contribution in [1.29, 1.82) is 0 Å². The number of pyridine rings is 1. The van der Waals surface area contributed by atoms with Gasteiger partial charge in [0.05, 0.1) is 18.2 Å². The van der Waals surface area contributed by atoms with Crippen molar-refractivity contribution in [1.82, 2.24) is 14.5 Å². The summed E-state index contributed by atoms with van der Waals surface area (Å²) in [5, 5.41) is 3.18. The van der Waals surface area contributed by atoms with E-state index in [9.17, 15) is 9.18 Å². The Morgan fingerprint density at radius 3 is 2.69 bits per heavy atom. The van der Waals surface area contributed by atoms with Crippen LogP contribution in [-0.2, 0) is 6.54 Å². The number of rotatable bonds is 6. The number of benzene rings is 2. The summed E-state index contributed by atoms with van der Waals surface area (Å²) in [4.78, 5) is 20.7.